The van der Waals surface area contributed by atoms with Crippen molar-refractivity contribution in [3.63, 3.8) is 0 Å². The Balaban J connectivity index is 1.35. The zero-order valence-corrected chi connectivity index (χ0v) is 32.1. The zero-order chi connectivity index (χ0) is 39.7. The highest BCUT2D eigenvalue weighted by molar-refractivity contribution is 7.89. The monoisotopic (exact) mass is 784 g/mol. The van der Waals surface area contributed by atoms with Crippen molar-refractivity contribution in [2.24, 2.45) is 0 Å². The van der Waals surface area contributed by atoms with Crippen molar-refractivity contribution < 1.29 is 42.5 Å². The largest absolute Gasteiger partial charge is 0.489 e. The van der Waals surface area contributed by atoms with Gasteiger partial charge in [-0.3, -0.25) is 34.4 Å². The normalized spacial score (nSPS) is 21.7. The van der Waals surface area contributed by atoms with E-state index in [-0.39, 0.29) is 41.8 Å². The number of likely N-dealkylation sites (tertiary alicyclic amines) is 1. The lowest BCUT2D eigenvalue weighted by atomic mass is 9.92. The van der Waals surface area contributed by atoms with Crippen molar-refractivity contribution in [3.05, 3.63) is 60.2 Å². The molecule has 2 aromatic rings. The maximum atomic E-state index is 14.0. The van der Waals surface area contributed by atoms with Gasteiger partial charge in [-0.15, -0.1) is 0 Å². The number of hydrogen-bond acceptors (Lipinski definition) is 13. The standard InChI is InChI=1S/C37H52N8O9S/c1-4-9-28(32(46)36(50)42-24-14-15-24)43-34(48)30-19-26(54-25-12-8-13-27(18-25)55(52,53)38-3)21-45(30)37(51)22(2)41-35(49)31(23-10-6-5-7-11-23)44-33(47)29-20-39-16-17-40-29/h8,10,12-13,16-18,20,22,24,26,28,30-31,35,37-38,41,49,51H,4-7,9,11,14-15,19,21H2,1-3H3,(H,42,50)(H,43,48)(H,44,47)/t22-,26+,28-,30-,31-,35?,37?/m0/s1. The van der Waals surface area contributed by atoms with Gasteiger partial charge in [0.1, 0.15) is 30.0 Å². The van der Waals surface area contributed by atoms with Crippen molar-refractivity contribution in [1.82, 2.24) is 40.9 Å². The zero-order valence-electron chi connectivity index (χ0n) is 31.3. The molecule has 2 heterocycles. The first-order valence-corrected chi connectivity index (χ1v) is 20.3. The van der Waals surface area contributed by atoms with E-state index in [1.165, 1.54) is 48.7 Å². The van der Waals surface area contributed by atoms with Crippen LogP contribution in [0.4, 0.5) is 0 Å². The summed E-state index contributed by atoms with van der Waals surface area (Å²) in [6, 6.07) is 1.89. The fourth-order valence-electron chi connectivity index (χ4n) is 6.84. The molecular weight excluding hydrogens is 733 g/mol. The molecule has 2 unspecified atom stereocenters. The molecule has 1 aliphatic heterocycles. The third-order valence-corrected chi connectivity index (χ3v) is 11.4. The highest BCUT2D eigenvalue weighted by Gasteiger charge is 2.44. The van der Waals surface area contributed by atoms with E-state index >= 15 is 0 Å². The Bertz CT molecular complexity index is 1810. The molecule has 3 aliphatic rings. The number of Topliss-reactive ketones (excluding diaryl/α,β-unsaturated/α-hetero) is 1. The average molecular weight is 785 g/mol. The minimum Gasteiger partial charge on any atom is -0.489 e. The van der Waals surface area contributed by atoms with Gasteiger partial charge in [-0.25, -0.2) is 18.1 Å². The first-order chi connectivity index (χ1) is 26.3. The molecule has 5 rings (SSSR count). The number of nitrogens with zero attached hydrogens (tertiary/aromatic N) is 3. The van der Waals surface area contributed by atoms with E-state index in [4.69, 9.17) is 4.74 Å². The Hall–Kier alpha value is -4.33. The summed E-state index contributed by atoms with van der Waals surface area (Å²) in [7, 11) is -2.49. The Kier molecular flexibility index (Phi) is 14.5. The predicted octanol–water partition coefficient (Wildman–Crippen LogP) is 0.253. The van der Waals surface area contributed by atoms with Crippen molar-refractivity contribution in [2.45, 2.75) is 125 Å². The molecule has 17 nitrogen and oxygen atoms in total. The van der Waals surface area contributed by atoms with E-state index in [9.17, 15) is 37.8 Å². The van der Waals surface area contributed by atoms with Crippen molar-refractivity contribution >= 4 is 33.5 Å². The number of allylic oxidation sites excluding steroid dienone is 1. The minimum absolute atomic E-state index is 0.00305. The molecule has 300 valence electrons. The molecule has 7 atom stereocenters. The first kappa shape index (κ1) is 41.8. The van der Waals surface area contributed by atoms with Crippen LogP contribution in [0.25, 0.3) is 0 Å². The molecule has 1 saturated carbocycles. The van der Waals surface area contributed by atoms with Crippen LogP contribution in [0.3, 0.4) is 0 Å². The van der Waals surface area contributed by atoms with E-state index in [2.05, 4.69) is 36.0 Å². The molecule has 1 saturated heterocycles. The first-order valence-electron chi connectivity index (χ1n) is 18.8. The van der Waals surface area contributed by atoms with Crippen LogP contribution in [0.1, 0.15) is 82.1 Å². The number of carbonyl (C=O) groups is 4. The van der Waals surface area contributed by atoms with Crippen LogP contribution in [-0.2, 0) is 24.4 Å². The summed E-state index contributed by atoms with van der Waals surface area (Å²) in [6.45, 7) is 3.44. The number of carbonyl (C=O) groups excluding carboxylic acids is 4. The highest BCUT2D eigenvalue weighted by atomic mass is 32.2. The third kappa shape index (κ3) is 11.1. The lowest BCUT2D eigenvalue weighted by Gasteiger charge is -2.36. The fourth-order valence-corrected chi connectivity index (χ4v) is 7.60. The van der Waals surface area contributed by atoms with Crippen molar-refractivity contribution in [1.29, 1.82) is 0 Å². The number of aliphatic hydroxyl groups is 2. The van der Waals surface area contributed by atoms with Crippen LogP contribution in [0.15, 0.2) is 59.4 Å². The van der Waals surface area contributed by atoms with Gasteiger partial charge in [0.05, 0.1) is 29.2 Å². The summed E-state index contributed by atoms with van der Waals surface area (Å²) in [6.07, 6.45) is 8.22. The smallest absolute Gasteiger partial charge is 0.289 e. The summed E-state index contributed by atoms with van der Waals surface area (Å²) in [4.78, 5) is 62.4. The summed E-state index contributed by atoms with van der Waals surface area (Å²) in [5.41, 5.74) is 0.886. The van der Waals surface area contributed by atoms with E-state index in [0.29, 0.717) is 12.8 Å². The van der Waals surface area contributed by atoms with E-state index in [0.717, 1.165) is 37.7 Å². The van der Waals surface area contributed by atoms with Gasteiger partial charge in [0.15, 0.2) is 0 Å². The van der Waals surface area contributed by atoms with Gasteiger partial charge >= 0.3 is 0 Å². The van der Waals surface area contributed by atoms with Gasteiger partial charge < -0.3 is 30.9 Å². The van der Waals surface area contributed by atoms with Gasteiger partial charge in [-0.2, -0.15) is 0 Å². The number of ketones is 1. The maximum Gasteiger partial charge on any atom is 0.289 e. The number of rotatable bonds is 19. The Morgan fingerprint density at radius 1 is 1.09 bits per heavy atom. The lowest BCUT2D eigenvalue weighted by molar-refractivity contribution is -0.141. The Morgan fingerprint density at radius 2 is 1.87 bits per heavy atom. The van der Waals surface area contributed by atoms with Crippen LogP contribution in [0.2, 0.25) is 0 Å². The van der Waals surface area contributed by atoms with Crippen LogP contribution in [-0.4, -0.2) is 119 Å². The summed E-state index contributed by atoms with van der Waals surface area (Å²) in [5, 5.41) is 34.6. The molecule has 3 amide bonds. The number of sulfonamides is 1. The van der Waals surface area contributed by atoms with E-state index in [1.807, 2.05) is 13.0 Å². The number of aliphatic hydroxyl groups excluding tert-OH is 2. The van der Waals surface area contributed by atoms with Crippen molar-refractivity contribution in [3.8, 4) is 5.75 Å². The van der Waals surface area contributed by atoms with Crippen LogP contribution in [0, 0.1) is 0 Å². The lowest BCUT2D eigenvalue weighted by Crippen LogP contribution is -2.60. The SMILES string of the molecule is CCC[C@H](NC(=O)[C@@H]1C[C@@H](Oc2cccc(S(=O)(=O)NC)c2)CN1C(O)[C@H](C)NC(O)[C@@H](NC(=O)c1cnccn1)C1=CCCCC1)C(=O)C(=O)NC1CC1. The summed E-state index contributed by atoms with van der Waals surface area (Å²) < 4.78 is 33.4. The number of hydrogen-bond donors (Lipinski definition) is 7. The number of nitrogens with one attached hydrogen (secondary N) is 5. The molecule has 0 bridgehead atoms. The molecule has 0 spiro atoms. The average Bonchev–Trinajstić information content (AvgIpc) is 3.91. The van der Waals surface area contributed by atoms with Gasteiger partial charge in [0.2, 0.25) is 21.7 Å². The number of benzene rings is 1. The molecular formula is C37H52N8O9S. The Labute approximate surface area is 321 Å². The maximum absolute atomic E-state index is 14.0. The minimum atomic E-state index is -3.78. The molecule has 55 heavy (non-hydrogen) atoms. The van der Waals surface area contributed by atoms with Crippen LogP contribution in [0.5, 0.6) is 5.75 Å². The summed E-state index contributed by atoms with van der Waals surface area (Å²) in [5.74, 6) is -2.45. The van der Waals surface area contributed by atoms with Gasteiger partial charge in [0.25, 0.3) is 11.8 Å². The number of amides is 3. The second kappa shape index (κ2) is 19.0. The fraction of sp³-hybridized carbons (Fsp3) is 0.568. The molecule has 1 aromatic carbocycles. The molecule has 18 heteroatoms. The highest BCUT2D eigenvalue weighted by Crippen LogP contribution is 2.28. The third-order valence-electron chi connectivity index (χ3n) is 9.98. The van der Waals surface area contributed by atoms with Crippen LogP contribution >= 0.6 is 0 Å². The van der Waals surface area contributed by atoms with Crippen molar-refractivity contribution in [2.75, 3.05) is 13.6 Å². The predicted molar refractivity (Wildman–Crippen MR) is 200 cm³/mol. The molecule has 7 N–H and O–H groups in total. The van der Waals surface area contributed by atoms with E-state index < -0.39 is 76.3 Å². The van der Waals surface area contributed by atoms with Gasteiger partial charge in [-0.05, 0) is 76.6 Å². The van der Waals surface area contributed by atoms with E-state index in [1.54, 1.807) is 13.0 Å². The second-order valence-electron chi connectivity index (χ2n) is 14.2. The second-order valence-corrected chi connectivity index (χ2v) is 16.1. The molecule has 2 fully saturated rings. The summed E-state index contributed by atoms with van der Waals surface area (Å²) >= 11 is 0. The molecule has 1 aromatic heterocycles. The van der Waals surface area contributed by atoms with Gasteiger partial charge in [0, 0.05) is 43.5 Å². The number of aromatic nitrogens is 2. The Morgan fingerprint density at radius 3 is 2.53 bits per heavy atom. The molecule has 2 aliphatic carbocycles. The quantitative estimate of drug-likeness (QED) is 0.0575. The molecule has 0 radical (unpaired) electrons. The van der Waals surface area contributed by atoms with Crippen LogP contribution < -0.4 is 30.7 Å². The number of ether oxygens (including phenoxy) is 1. The topological polar surface area (TPSA) is 241 Å². The van der Waals surface area contributed by atoms with Gasteiger partial charge in [-0.1, -0.05) is 25.5 Å².